The molecule has 0 spiro atoms. The fourth-order valence-corrected chi connectivity index (χ4v) is 3.01. The molecule has 0 heteroatoms. The average Bonchev–Trinajstić information content (AvgIpc) is 2.37. The van der Waals surface area contributed by atoms with Crippen molar-refractivity contribution < 1.29 is 0 Å². The molecule has 0 nitrogen and oxygen atoms in total. The zero-order chi connectivity index (χ0) is 15.8. The van der Waals surface area contributed by atoms with Gasteiger partial charge in [0.15, 0.2) is 0 Å². The van der Waals surface area contributed by atoms with Crippen LogP contribution in [0.15, 0.2) is 12.2 Å². The second kappa shape index (κ2) is 8.90. The van der Waals surface area contributed by atoms with E-state index in [4.69, 9.17) is 0 Å². The standard InChI is InChI=1S/C20H40/c1-9-12-13-14-15-18(10-2)20(8,11-3)16-17(4)19(5,6)7/h14-15,17-18H,9-13,16H2,1-8H3. The molecule has 0 heterocycles. The summed E-state index contributed by atoms with van der Waals surface area (Å²) in [7, 11) is 0. The van der Waals surface area contributed by atoms with Crippen LogP contribution in [0.25, 0.3) is 0 Å². The van der Waals surface area contributed by atoms with Crippen molar-refractivity contribution in [1.82, 2.24) is 0 Å². The monoisotopic (exact) mass is 280 g/mol. The van der Waals surface area contributed by atoms with Gasteiger partial charge in [-0.2, -0.15) is 0 Å². The molecular formula is C20H40. The van der Waals surface area contributed by atoms with Gasteiger partial charge in [-0.05, 0) is 41.9 Å². The zero-order valence-electron chi connectivity index (χ0n) is 15.6. The molecule has 0 aromatic carbocycles. The van der Waals surface area contributed by atoms with E-state index in [9.17, 15) is 0 Å². The lowest BCUT2D eigenvalue weighted by atomic mass is 9.64. The molecule has 0 saturated heterocycles. The summed E-state index contributed by atoms with van der Waals surface area (Å²) >= 11 is 0. The molecule has 0 aromatic heterocycles. The number of hydrogen-bond acceptors (Lipinski definition) is 0. The summed E-state index contributed by atoms with van der Waals surface area (Å²) in [5, 5.41) is 0. The van der Waals surface area contributed by atoms with E-state index in [1.54, 1.807) is 0 Å². The Morgan fingerprint density at radius 3 is 2.00 bits per heavy atom. The molecule has 0 saturated carbocycles. The van der Waals surface area contributed by atoms with E-state index in [2.05, 4.69) is 67.5 Å². The molecule has 120 valence electrons. The maximum absolute atomic E-state index is 2.52. The van der Waals surface area contributed by atoms with Gasteiger partial charge in [-0.1, -0.05) is 86.8 Å². The summed E-state index contributed by atoms with van der Waals surface area (Å²) in [6.45, 7) is 19.1. The lowest BCUT2D eigenvalue weighted by Gasteiger charge is -2.41. The minimum atomic E-state index is 0.417. The number of unbranched alkanes of at least 4 members (excludes halogenated alkanes) is 2. The molecule has 0 amide bonds. The van der Waals surface area contributed by atoms with E-state index in [0.717, 1.165) is 11.8 Å². The van der Waals surface area contributed by atoms with Crippen molar-refractivity contribution in [3.05, 3.63) is 12.2 Å². The molecule has 0 aliphatic carbocycles. The topological polar surface area (TPSA) is 0 Å². The average molecular weight is 281 g/mol. The second-order valence-corrected chi connectivity index (χ2v) is 8.06. The third-order valence-electron chi connectivity index (χ3n) is 5.49. The Kier molecular flexibility index (Phi) is 8.79. The van der Waals surface area contributed by atoms with Gasteiger partial charge in [0.2, 0.25) is 0 Å². The molecule has 0 aromatic rings. The van der Waals surface area contributed by atoms with Crippen molar-refractivity contribution in [2.75, 3.05) is 0 Å². The largest absolute Gasteiger partial charge is 0.0882 e. The molecule has 3 atom stereocenters. The zero-order valence-corrected chi connectivity index (χ0v) is 15.6. The lowest BCUT2D eigenvalue weighted by Crippen LogP contribution is -2.31. The Morgan fingerprint density at radius 1 is 1.00 bits per heavy atom. The van der Waals surface area contributed by atoms with Crippen LogP contribution in [0.3, 0.4) is 0 Å². The third-order valence-corrected chi connectivity index (χ3v) is 5.49. The predicted molar refractivity (Wildman–Crippen MR) is 94.1 cm³/mol. The summed E-state index contributed by atoms with van der Waals surface area (Å²) in [6.07, 6.45) is 12.7. The molecular weight excluding hydrogens is 240 g/mol. The van der Waals surface area contributed by atoms with Crippen molar-refractivity contribution in [2.24, 2.45) is 22.7 Å². The van der Waals surface area contributed by atoms with Gasteiger partial charge in [0.1, 0.15) is 0 Å². The van der Waals surface area contributed by atoms with E-state index in [1.807, 2.05) is 0 Å². The normalized spacial score (nSPS) is 19.0. The van der Waals surface area contributed by atoms with Crippen LogP contribution in [0.4, 0.5) is 0 Å². The first-order chi connectivity index (χ1) is 9.21. The first-order valence-corrected chi connectivity index (χ1v) is 8.87. The van der Waals surface area contributed by atoms with E-state index in [1.165, 1.54) is 38.5 Å². The molecule has 20 heavy (non-hydrogen) atoms. The van der Waals surface area contributed by atoms with Gasteiger partial charge in [-0.3, -0.25) is 0 Å². The highest BCUT2D eigenvalue weighted by molar-refractivity contribution is 4.97. The van der Waals surface area contributed by atoms with Gasteiger partial charge in [-0.25, -0.2) is 0 Å². The van der Waals surface area contributed by atoms with Crippen LogP contribution >= 0.6 is 0 Å². The van der Waals surface area contributed by atoms with Crippen molar-refractivity contribution in [3.63, 3.8) is 0 Å². The molecule has 0 aliphatic heterocycles. The van der Waals surface area contributed by atoms with Crippen LogP contribution in [0.5, 0.6) is 0 Å². The summed E-state index contributed by atoms with van der Waals surface area (Å²) in [4.78, 5) is 0. The van der Waals surface area contributed by atoms with Crippen LogP contribution in [0.2, 0.25) is 0 Å². The van der Waals surface area contributed by atoms with Gasteiger partial charge in [-0.15, -0.1) is 0 Å². The summed E-state index contributed by atoms with van der Waals surface area (Å²) in [6, 6.07) is 0. The van der Waals surface area contributed by atoms with Crippen LogP contribution in [0, 0.1) is 22.7 Å². The van der Waals surface area contributed by atoms with Crippen LogP contribution in [-0.2, 0) is 0 Å². The van der Waals surface area contributed by atoms with E-state index >= 15 is 0 Å². The summed E-state index contributed by atoms with van der Waals surface area (Å²) < 4.78 is 0. The molecule has 0 aliphatic rings. The highest BCUT2D eigenvalue weighted by Crippen LogP contribution is 2.44. The van der Waals surface area contributed by atoms with Crippen molar-refractivity contribution in [2.45, 2.75) is 93.9 Å². The van der Waals surface area contributed by atoms with Crippen LogP contribution in [0.1, 0.15) is 93.9 Å². The summed E-state index contributed by atoms with van der Waals surface area (Å²) in [5.41, 5.74) is 0.866. The Hall–Kier alpha value is -0.260. The van der Waals surface area contributed by atoms with Gasteiger partial charge in [0.25, 0.3) is 0 Å². The maximum Gasteiger partial charge on any atom is -0.0182 e. The van der Waals surface area contributed by atoms with Gasteiger partial charge < -0.3 is 0 Å². The third kappa shape index (κ3) is 6.46. The molecule has 0 fully saturated rings. The molecule has 0 rings (SSSR count). The SMILES string of the molecule is CCCCC=CC(CC)C(C)(CC)CC(C)C(C)(C)C. The van der Waals surface area contributed by atoms with Gasteiger partial charge >= 0.3 is 0 Å². The Balaban J connectivity index is 4.83. The highest BCUT2D eigenvalue weighted by atomic mass is 14.4. The van der Waals surface area contributed by atoms with Crippen LogP contribution < -0.4 is 0 Å². The van der Waals surface area contributed by atoms with Gasteiger partial charge in [0, 0.05) is 0 Å². The number of hydrogen-bond donors (Lipinski definition) is 0. The lowest BCUT2D eigenvalue weighted by molar-refractivity contribution is 0.112. The summed E-state index contributed by atoms with van der Waals surface area (Å²) in [5.74, 6) is 1.50. The molecule has 0 N–H and O–H groups in total. The van der Waals surface area contributed by atoms with E-state index in [-0.39, 0.29) is 0 Å². The number of rotatable bonds is 9. The van der Waals surface area contributed by atoms with Crippen LogP contribution in [-0.4, -0.2) is 0 Å². The fourth-order valence-electron chi connectivity index (χ4n) is 3.01. The molecule has 3 unspecified atom stereocenters. The van der Waals surface area contributed by atoms with Crippen molar-refractivity contribution >= 4 is 0 Å². The Labute approximate surface area is 129 Å². The fraction of sp³-hybridized carbons (Fsp3) is 0.900. The Bertz CT molecular complexity index is 268. The quantitative estimate of drug-likeness (QED) is 0.308. The second-order valence-electron chi connectivity index (χ2n) is 8.06. The number of allylic oxidation sites excluding steroid dienone is 2. The van der Waals surface area contributed by atoms with Crippen molar-refractivity contribution in [1.29, 1.82) is 0 Å². The van der Waals surface area contributed by atoms with E-state index in [0.29, 0.717) is 10.8 Å². The van der Waals surface area contributed by atoms with Gasteiger partial charge in [0.05, 0.1) is 0 Å². The maximum atomic E-state index is 2.52. The molecule has 0 radical (unpaired) electrons. The van der Waals surface area contributed by atoms with Crippen molar-refractivity contribution in [3.8, 4) is 0 Å². The smallest absolute Gasteiger partial charge is 0.0182 e. The first-order valence-electron chi connectivity index (χ1n) is 8.87. The minimum Gasteiger partial charge on any atom is -0.0882 e. The Morgan fingerprint density at radius 2 is 1.60 bits per heavy atom. The highest BCUT2D eigenvalue weighted by Gasteiger charge is 2.34. The first kappa shape index (κ1) is 19.7. The predicted octanol–water partition coefficient (Wildman–Crippen LogP) is 7.25. The molecule has 0 bridgehead atoms. The minimum absolute atomic E-state index is 0.417. The van der Waals surface area contributed by atoms with E-state index < -0.39 is 0 Å².